The number of aryl methyl sites for hydroxylation is 1. The second-order valence-electron chi connectivity index (χ2n) is 5.12. The van der Waals surface area contributed by atoms with Crippen LogP contribution in [0.25, 0.3) is 0 Å². The summed E-state index contributed by atoms with van der Waals surface area (Å²) < 4.78 is 1.78. The number of aliphatic hydroxyl groups is 2. The Hall–Kier alpha value is -1.05. The maximum atomic E-state index is 9.27. The highest BCUT2D eigenvalue weighted by molar-refractivity contribution is 4.83. The van der Waals surface area contributed by atoms with E-state index in [0.717, 1.165) is 18.8 Å². The third-order valence-electron chi connectivity index (χ3n) is 2.87. The summed E-state index contributed by atoms with van der Waals surface area (Å²) in [5, 5.41) is 30.1. The van der Waals surface area contributed by atoms with Crippen molar-refractivity contribution in [3.63, 3.8) is 0 Å². The number of aliphatic hydroxyl groups excluding tert-OH is 2. The highest BCUT2D eigenvalue weighted by Gasteiger charge is 2.25. The van der Waals surface area contributed by atoms with Crippen molar-refractivity contribution in [2.45, 2.75) is 33.4 Å². The maximum Gasteiger partial charge on any atom is 0.165 e. The Morgan fingerprint density at radius 2 is 2.00 bits per heavy atom. The highest BCUT2D eigenvalue weighted by atomic mass is 16.3. The Balaban J connectivity index is 2.58. The second kappa shape index (κ2) is 6.77. The lowest BCUT2D eigenvalue weighted by atomic mass is 9.92. The molecule has 0 aliphatic rings. The molecule has 0 bridgehead atoms. The number of hydrogen-bond acceptors (Lipinski definition) is 6. The average Bonchev–Trinajstić information content (AvgIpc) is 2.77. The van der Waals surface area contributed by atoms with Gasteiger partial charge in [-0.25, -0.2) is 4.68 Å². The molecular weight excluding hydrogens is 234 g/mol. The fourth-order valence-corrected chi connectivity index (χ4v) is 1.82. The van der Waals surface area contributed by atoms with Gasteiger partial charge in [-0.1, -0.05) is 13.8 Å². The van der Waals surface area contributed by atoms with Gasteiger partial charge in [0.05, 0.1) is 19.8 Å². The minimum atomic E-state index is -0.502. The van der Waals surface area contributed by atoms with Gasteiger partial charge >= 0.3 is 0 Å². The van der Waals surface area contributed by atoms with Crippen LogP contribution in [0.2, 0.25) is 0 Å². The van der Waals surface area contributed by atoms with E-state index in [1.54, 1.807) is 4.68 Å². The largest absolute Gasteiger partial charge is 0.396 e. The monoisotopic (exact) mass is 257 g/mol. The zero-order chi connectivity index (χ0) is 13.6. The van der Waals surface area contributed by atoms with Gasteiger partial charge in [0.1, 0.15) is 0 Å². The van der Waals surface area contributed by atoms with Crippen molar-refractivity contribution in [1.29, 1.82) is 0 Å². The van der Waals surface area contributed by atoms with E-state index in [4.69, 9.17) is 0 Å². The molecule has 1 rings (SSSR count). The van der Waals surface area contributed by atoms with Crippen LogP contribution in [-0.4, -0.2) is 62.1 Å². The molecule has 0 aliphatic heterocycles. The minimum absolute atomic E-state index is 0.0479. The van der Waals surface area contributed by atoms with Gasteiger partial charge in [-0.2, -0.15) is 0 Å². The topological polar surface area (TPSA) is 87.3 Å². The van der Waals surface area contributed by atoms with Crippen LogP contribution in [0.3, 0.4) is 0 Å². The van der Waals surface area contributed by atoms with Crippen LogP contribution in [0.1, 0.15) is 26.1 Å². The molecule has 0 amide bonds. The molecule has 104 valence electrons. The Morgan fingerprint density at radius 1 is 1.33 bits per heavy atom. The summed E-state index contributed by atoms with van der Waals surface area (Å²) in [6.45, 7) is 5.80. The highest BCUT2D eigenvalue weighted by Crippen LogP contribution is 2.16. The van der Waals surface area contributed by atoms with Gasteiger partial charge in [-0.15, -0.1) is 5.10 Å². The Morgan fingerprint density at radius 3 is 2.56 bits per heavy atom. The number of nitrogens with zero attached hydrogens (tertiary/aromatic N) is 5. The first-order valence-corrected chi connectivity index (χ1v) is 6.20. The molecule has 0 saturated heterocycles. The molecule has 0 aromatic carbocycles. The molecule has 7 heteroatoms. The summed E-state index contributed by atoms with van der Waals surface area (Å²) in [7, 11) is 1.93. The number of rotatable bonds is 8. The van der Waals surface area contributed by atoms with E-state index >= 15 is 0 Å². The van der Waals surface area contributed by atoms with E-state index in [-0.39, 0.29) is 13.2 Å². The predicted molar refractivity (Wildman–Crippen MR) is 66.7 cm³/mol. The molecule has 18 heavy (non-hydrogen) atoms. The fraction of sp³-hybridized carbons (Fsp3) is 0.909. The average molecular weight is 257 g/mol. The van der Waals surface area contributed by atoms with E-state index in [1.165, 1.54) is 0 Å². The molecule has 1 heterocycles. The first kappa shape index (κ1) is 15.0. The smallest absolute Gasteiger partial charge is 0.165 e. The SMILES string of the molecule is CCCn1nnnc1CN(C)CC(C)(CO)CO. The van der Waals surface area contributed by atoms with Crippen molar-refractivity contribution in [3.05, 3.63) is 5.82 Å². The summed E-state index contributed by atoms with van der Waals surface area (Å²) in [5.74, 6) is 0.803. The van der Waals surface area contributed by atoms with Crippen molar-refractivity contribution in [2.75, 3.05) is 26.8 Å². The molecule has 2 N–H and O–H groups in total. The molecule has 7 nitrogen and oxygen atoms in total. The Bertz CT molecular complexity index is 351. The molecular formula is C11H23N5O2. The normalized spacial score (nSPS) is 12.3. The van der Waals surface area contributed by atoms with Crippen LogP contribution in [0.5, 0.6) is 0 Å². The molecule has 0 atom stereocenters. The van der Waals surface area contributed by atoms with Crippen molar-refractivity contribution >= 4 is 0 Å². The summed E-state index contributed by atoms with van der Waals surface area (Å²) in [4.78, 5) is 2.00. The van der Waals surface area contributed by atoms with Gasteiger partial charge < -0.3 is 10.2 Å². The quantitative estimate of drug-likeness (QED) is 0.653. The number of hydrogen-bond donors (Lipinski definition) is 2. The first-order chi connectivity index (χ1) is 8.54. The summed E-state index contributed by atoms with van der Waals surface area (Å²) in [6.07, 6.45) is 0.979. The molecule has 1 aromatic rings. The van der Waals surface area contributed by atoms with Gasteiger partial charge in [0.25, 0.3) is 0 Å². The van der Waals surface area contributed by atoms with Crippen LogP contribution in [0.15, 0.2) is 0 Å². The summed E-state index contributed by atoms with van der Waals surface area (Å²) >= 11 is 0. The second-order valence-corrected chi connectivity index (χ2v) is 5.12. The molecule has 0 fully saturated rings. The van der Waals surface area contributed by atoms with E-state index < -0.39 is 5.41 Å². The lowest BCUT2D eigenvalue weighted by molar-refractivity contribution is 0.0393. The van der Waals surface area contributed by atoms with Gasteiger partial charge in [0.15, 0.2) is 5.82 Å². The molecule has 0 saturated carbocycles. The zero-order valence-corrected chi connectivity index (χ0v) is 11.4. The van der Waals surface area contributed by atoms with Gasteiger partial charge in [-0.05, 0) is 23.9 Å². The Labute approximate surface area is 107 Å². The maximum absolute atomic E-state index is 9.27. The van der Waals surface area contributed by atoms with E-state index in [2.05, 4.69) is 22.4 Å². The number of tetrazole rings is 1. The van der Waals surface area contributed by atoms with Gasteiger partial charge in [-0.3, -0.25) is 4.90 Å². The van der Waals surface area contributed by atoms with Crippen LogP contribution in [0, 0.1) is 5.41 Å². The lowest BCUT2D eigenvalue weighted by Gasteiger charge is -2.29. The minimum Gasteiger partial charge on any atom is -0.396 e. The Kier molecular flexibility index (Phi) is 5.64. The van der Waals surface area contributed by atoms with Crippen LogP contribution >= 0.6 is 0 Å². The standard InChI is InChI=1S/C11H23N5O2/c1-4-5-16-10(12-13-14-16)6-15(3)7-11(2,8-17)9-18/h17-18H,4-9H2,1-3H3. The summed E-state index contributed by atoms with van der Waals surface area (Å²) in [6, 6.07) is 0. The van der Waals surface area contributed by atoms with Crippen LogP contribution in [-0.2, 0) is 13.1 Å². The lowest BCUT2D eigenvalue weighted by Crippen LogP contribution is -2.39. The van der Waals surface area contributed by atoms with Gasteiger partial charge in [0, 0.05) is 18.5 Å². The van der Waals surface area contributed by atoms with Crippen molar-refractivity contribution in [3.8, 4) is 0 Å². The van der Waals surface area contributed by atoms with E-state index in [1.807, 2.05) is 18.9 Å². The van der Waals surface area contributed by atoms with Gasteiger partial charge in [0.2, 0.25) is 0 Å². The van der Waals surface area contributed by atoms with Crippen LogP contribution in [0.4, 0.5) is 0 Å². The van der Waals surface area contributed by atoms with Crippen molar-refractivity contribution in [2.24, 2.45) is 5.41 Å². The van der Waals surface area contributed by atoms with E-state index in [9.17, 15) is 10.2 Å². The zero-order valence-electron chi connectivity index (χ0n) is 11.4. The van der Waals surface area contributed by atoms with Crippen LogP contribution < -0.4 is 0 Å². The number of aromatic nitrogens is 4. The third kappa shape index (κ3) is 4.01. The molecule has 0 aliphatic carbocycles. The third-order valence-corrected chi connectivity index (χ3v) is 2.87. The fourth-order valence-electron chi connectivity index (χ4n) is 1.82. The predicted octanol–water partition coefficient (Wildman–Crippen LogP) is -0.494. The van der Waals surface area contributed by atoms with Crippen molar-refractivity contribution < 1.29 is 10.2 Å². The van der Waals surface area contributed by atoms with Crippen molar-refractivity contribution in [1.82, 2.24) is 25.1 Å². The summed E-state index contributed by atoms with van der Waals surface area (Å²) in [5.41, 5.74) is -0.502. The molecule has 0 unspecified atom stereocenters. The first-order valence-electron chi connectivity index (χ1n) is 6.20. The molecule has 0 spiro atoms. The molecule has 1 aromatic heterocycles. The van der Waals surface area contributed by atoms with E-state index in [0.29, 0.717) is 13.1 Å². The molecule has 0 radical (unpaired) electrons.